The number of aromatic carboxylic acids is 1. The second kappa shape index (κ2) is 4.93. The Bertz CT molecular complexity index is 800. The van der Waals surface area contributed by atoms with Crippen LogP contribution in [0.1, 0.15) is 16.2 Å². The van der Waals surface area contributed by atoms with Crippen molar-refractivity contribution in [1.29, 1.82) is 0 Å². The van der Waals surface area contributed by atoms with Gasteiger partial charge in [0.2, 0.25) is 5.89 Å². The lowest BCUT2D eigenvalue weighted by atomic mass is 10.1. The van der Waals surface area contributed by atoms with Crippen LogP contribution >= 0.6 is 11.8 Å². The number of rotatable bonds is 3. The first kappa shape index (κ1) is 12.6. The van der Waals surface area contributed by atoms with Crippen molar-refractivity contribution < 1.29 is 14.3 Å². The van der Waals surface area contributed by atoms with Gasteiger partial charge in [-0.1, -0.05) is 18.2 Å². The molecule has 2 heterocycles. The minimum atomic E-state index is -0.993. The lowest BCUT2D eigenvalue weighted by molar-refractivity contribution is 0.0698. The van der Waals surface area contributed by atoms with E-state index in [1.54, 1.807) is 25.1 Å². The topological polar surface area (TPSA) is 89.1 Å². The Balaban J connectivity index is 2.10. The summed E-state index contributed by atoms with van der Waals surface area (Å²) < 4.78 is 5.25. The molecule has 0 atom stereocenters. The van der Waals surface area contributed by atoms with Gasteiger partial charge in [-0.25, -0.2) is 9.78 Å². The minimum absolute atomic E-state index is 0.203. The van der Waals surface area contributed by atoms with Gasteiger partial charge in [-0.05, 0) is 23.9 Å². The van der Waals surface area contributed by atoms with Crippen LogP contribution in [0.15, 0.2) is 45.0 Å². The molecule has 0 aliphatic carbocycles. The zero-order valence-electron chi connectivity index (χ0n) is 10.4. The van der Waals surface area contributed by atoms with E-state index in [2.05, 4.69) is 15.2 Å². The summed E-state index contributed by atoms with van der Waals surface area (Å²) in [5.74, 6) is -0.543. The quantitative estimate of drug-likeness (QED) is 0.792. The van der Waals surface area contributed by atoms with E-state index >= 15 is 0 Å². The fraction of sp³-hybridized carbons (Fsp3) is 0.0769. The largest absolute Gasteiger partial charge is 0.478 e. The molecule has 0 radical (unpaired) electrons. The second-order valence-corrected chi connectivity index (χ2v) is 4.99. The lowest BCUT2D eigenvalue weighted by Crippen LogP contribution is -1.99. The van der Waals surface area contributed by atoms with E-state index in [4.69, 9.17) is 4.42 Å². The number of pyridine rings is 1. The minimum Gasteiger partial charge on any atom is -0.478 e. The van der Waals surface area contributed by atoms with Crippen molar-refractivity contribution in [2.24, 2.45) is 0 Å². The van der Waals surface area contributed by atoms with Crippen LogP contribution in [-0.4, -0.2) is 26.3 Å². The maximum Gasteiger partial charge on any atom is 0.336 e. The molecule has 3 rings (SSSR count). The molecule has 0 unspecified atom stereocenters. The van der Waals surface area contributed by atoms with Gasteiger partial charge in [0.25, 0.3) is 5.22 Å². The number of hydrogen-bond donors (Lipinski definition) is 1. The Hall–Kier alpha value is -2.41. The lowest BCUT2D eigenvalue weighted by Gasteiger charge is -2.04. The fourth-order valence-corrected chi connectivity index (χ4v) is 2.53. The van der Waals surface area contributed by atoms with Crippen LogP contribution in [0.25, 0.3) is 10.9 Å². The van der Waals surface area contributed by atoms with Crippen molar-refractivity contribution in [2.75, 3.05) is 0 Å². The van der Waals surface area contributed by atoms with Crippen LogP contribution in [0.4, 0.5) is 0 Å². The normalized spacial score (nSPS) is 10.8. The number of aryl methyl sites for hydroxylation is 1. The molecule has 0 bridgehead atoms. The third kappa shape index (κ3) is 2.35. The summed E-state index contributed by atoms with van der Waals surface area (Å²) in [5.41, 5.74) is 0.820. The maximum absolute atomic E-state index is 11.3. The molecule has 0 fully saturated rings. The number of benzene rings is 1. The molecule has 20 heavy (non-hydrogen) atoms. The standard InChI is InChI=1S/C13H9N3O3S/c1-7-15-16-13(19-7)20-11-6-9(12(17)18)8-4-2-3-5-10(8)14-11/h2-6H,1H3,(H,17,18). The summed E-state index contributed by atoms with van der Waals surface area (Å²) in [6.07, 6.45) is 0. The zero-order chi connectivity index (χ0) is 14.1. The molecule has 0 aliphatic heterocycles. The highest BCUT2D eigenvalue weighted by atomic mass is 32.2. The summed E-state index contributed by atoms with van der Waals surface area (Å²) in [7, 11) is 0. The molecule has 7 heteroatoms. The average Bonchev–Trinajstić information content (AvgIpc) is 2.83. The predicted octanol–water partition coefficient (Wildman–Crippen LogP) is 2.78. The van der Waals surface area contributed by atoms with Crippen molar-refractivity contribution >= 4 is 28.6 Å². The first-order valence-electron chi connectivity index (χ1n) is 5.74. The molecule has 0 aliphatic rings. The molecule has 100 valence electrons. The van der Waals surface area contributed by atoms with E-state index in [0.717, 1.165) is 11.8 Å². The van der Waals surface area contributed by atoms with Crippen LogP contribution < -0.4 is 0 Å². The Morgan fingerprint density at radius 1 is 1.30 bits per heavy atom. The summed E-state index contributed by atoms with van der Waals surface area (Å²) >= 11 is 1.14. The van der Waals surface area contributed by atoms with E-state index in [-0.39, 0.29) is 5.56 Å². The monoisotopic (exact) mass is 287 g/mol. The number of para-hydroxylation sites is 1. The number of fused-ring (bicyclic) bond motifs is 1. The van der Waals surface area contributed by atoms with E-state index in [1.165, 1.54) is 6.07 Å². The van der Waals surface area contributed by atoms with E-state index < -0.39 is 5.97 Å². The van der Waals surface area contributed by atoms with Gasteiger partial charge >= 0.3 is 5.97 Å². The molecule has 1 N–H and O–H groups in total. The Kier molecular flexibility index (Phi) is 3.11. The molecular weight excluding hydrogens is 278 g/mol. The molecule has 0 saturated heterocycles. The molecule has 0 amide bonds. The molecule has 1 aromatic carbocycles. The van der Waals surface area contributed by atoms with Crippen molar-refractivity contribution in [1.82, 2.24) is 15.2 Å². The summed E-state index contributed by atoms with van der Waals surface area (Å²) in [4.78, 5) is 15.7. The summed E-state index contributed by atoms with van der Waals surface area (Å²) in [6, 6.07) is 8.60. The van der Waals surface area contributed by atoms with E-state index in [1.807, 2.05) is 6.07 Å². The van der Waals surface area contributed by atoms with Gasteiger partial charge in [-0.3, -0.25) is 0 Å². The van der Waals surface area contributed by atoms with Crippen LogP contribution in [0.5, 0.6) is 0 Å². The number of carboxylic acids is 1. The van der Waals surface area contributed by atoms with Crippen LogP contribution in [0.2, 0.25) is 0 Å². The third-order valence-corrected chi connectivity index (χ3v) is 3.38. The van der Waals surface area contributed by atoms with Gasteiger partial charge in [-0.15, -0.1) is 10.2 Å². The molecular formula is C13H9N3O3S. The number of carbonyl (C=O) groups is 1. The van der Waals surface area contributed by atoms with Crippen LogP contribution in [0, 0.1) is 6.92 Å². The summed E-state index contributed by atoms with van der Waals surface area (Å²) in [5, 5.41) is 18.3. The first-order valence-corrected chi connectivity index (χ1v) is 6.56. The van der Waals surface area contributed by atoms with Crippen LogP contribution in [-0.2, 0) is 0 Å². The molecule has 2 aromatic heterocycles. The number of carboxylic acid groups (broad SMARTS) is 1. The van der Waals surface area contributed by atoms with Crippen molar-refractivity contribution in [3.8, 4) is 0 Å². The first-order chi connectivity index (χ1) is 9.63. The highest BCUT2D eigenvalue weighted by molar-refractivity contribution is 7.99. The maximum atomic E-state index is 11.3. The van der Waals surface area contributed by atoms with Gasteiger partial charge < -0.3 is 9.52 Å². The van der Waals surface area contributed by atoms with Gasteiger partial charge in [-0.2, -0.15) is 0 Å². The number of nitrogens with zero attached hydrogens (tertiary/aromatic N) is 3. The smallest absolute Gasteiger partial charge is 0.336 e. The molecule has 0 saturated carbocycles. The highest BCUT2D eigenvalue weighted by Gasteiger charge is 2.14. The van der Waals surface area contributed by atoms with Crippen molar-refractivity contribution in [3.63, 3.8) is 0 Å². The summed E-state index contributed by atoms with van der Waals surface area (Å²) in [6.45, 7) is 1.69. The Morgan fingerprint density at radius 2 is 2.10 bits per heavy atom. The fourth-order valence-electron chi connectivity index (χ4n) is 1.79. The Labute approximate surface area is 117 Å². The van der Waals surface area contributed by atoms with Crippen LogP contribution in [0.3, 0.4) is 0 Å². The van der Waals surface area contributed by atoms with E-state index in [0.29, 0.717) is 27.0 Å². The highest BCUT2D eigenvalue weighted by Crippen LogP contribution is 2.28. The molecule has 0 spiro atoms. The van der Waals surface area contributed by atoms with Gasteiger partial charge in [0, 0.05) is 12.3 Å². The van der Waals surface area contributed by atoms with Gasteiger partial charge in [0.15, 0.2) is 0 Å². The average molecular weight is 287 g/mol. The predicted molar refractivity (Wildman–Crippen MR) is 71.9 cm³/mol. The van der Waals surface area contributed by atoms with Crippen molar-refractivity contribution in [2.45, 2.75) is 17.2 Å². The van der Waals surface area contributed by atoms with E-state index in [9.17, 15) is 9.90 Å². The SMILES string of the molecule is Cc1nnc(Sc2cc(C(=O)O)c3ccccc3n2)o1. The Morgan fingerprint density at radius 3 is 2.80 bits per heavy atom. The molecule has 3 aromatic rings. The number of aromatic nitrogens is 3. The zero-order valence-corrected chi connectivity index (χ0v) is 11.2. The number of hydrogen-bond acceptors (Lipinski definition) is 6. The second-order valence-electron chi connectivity index (χ2n) is 4.02. The van der Waals surface area contributed by atoms with Crippen molar-refractivity contribution in [3.05, 3.63) is 41.8 Å². The molecule has 6 nitrogen and oxygen atoms in total. The van der Waals surface area contributed by atoms with Gasteiger partial charge in [0.1, 0.15) is 5.03 Å². The third-order valence-electron chi connectivity index (χ3n) is 2.62. The van der Waals surface area contributed by atoms with Gasteiger partial charge in [0.05, 0.1) is 11.1 Å².